The number of imidazole rings is 1. The largest absolute Gasteiger partial charge is 0.390 e. The summed E-state index contributed by atoms with van der Waals surface area (Å²) >= 11 is 6.01. The summed E-state index contributed by atoms with van der Waals surface area (Å²) in [6.45, 7) is 2.82. The van der Waals surface area contributed by atoms with Crippen molar-refractivity contribution in [1.82, 2.24) is 14.3 Å². The van der Waals surface area contributed by atoms with Crippen molar-refractivity contribution in [3.05, 3.63) is 35.2 Å². The predicted octanol–water partition coefficient (Wildman–Crippen LogP) is 1.46. The van der Waals surface area contributed by atoms with Gasteiger partial charge >= 0.3 is 0 Å². The molecule has 2 aliphatic rings. The maximum atomic E-state index is 9.93. The van der Waals surface area contributed by atoms with Gasteiger partial charge in [-0.1, -0.05) is 11.6 Å². The minimum atomic E-state index is -0.751. The van der Waals surface area contributed by atoms with Crippen LogP contribution in [0.15, 0.2) is 24.5 Å². The van der Waals surface area contributed by atoms with Gasteiger partial charge in [0.05, 0.1) is 29.0 Å². The van der Waals surface area contributed by atoms with Crippen LogP contribution in [0, 0.1) is 0 Å². The normalized spacial score (nSPS) is 27.8. The van der Waals surface area contributed by atoms with Gasteiger partial charge in [-0.25, -0.2) is 4.98 Å². The summed E-state index contributed by atoms with van der Waals surface area (Å²) in [5.41, 5.74) is 1.64. The zero-order chi connectivity index (χ0) is 16.7. The first kappa shape index (κ1) is 16.3. The third-order valence-electron chi connectivity index (χ3n) is 5.20. The Labute approximate surface area is 145 Å². The van der Waals surface area contributed by atoms with E-state index < -0.39 is 12.2 Å². The van der Waals surface area contributed by atoms with Crippen molar-refractivity contribution in [2.24, 2.45) is 0 Å². The van der Waals surface area contributed by atoms with Crippen LogP contribution in [-0.2, 0) is 11.3 Å². The van der Waals surface area contributed by atoms with E-state index in [2.05, 4.69) is 9.88 Å². The second-order valence-electron chi connectivity index (χ2n) is 6.95. The first-order valence-electron chi connectivity index (χ1n) is 8.39. The van der Waals surface area contributed by atoms with E-state index in [9.17, 15) is 10.2 Å². The Balaban J connectivity index is 1.39. The number of aromatic nitrogens is 2. The first-order chi connectivity index (χ1) is 11.5. The molecule has 24 heavy (non-hydrogen) atoms. The van der Waals surface area contributed by atoms with E-state index in [1.165, 1.54) is 0 Å². The number of hydrogen-bond donors (Lipinski definition) is 2. The molecule has 0 aliphatic carbocycles. The van der Waals surface area contributed by atoms with Crippen LogP contribution in [0.25, 0.3) is 5.65 Å². The van der Waals surface area contributed by atoms with Crippen LogP contribution in [0.3, 0.4) is 0 Å². The fourth-order valence-corrected chi connectivity index (χ4v) is 3.91. The Morgan fingerprint density at radius 1 is 1.21 bits per heavy atom. The summed E-state index contributed by atoms with van der Waals surface area (Å²) in [4.78, 5) is 6.99. The summed E-state index contributed by atoms with van der Waals surface area (Å²) < 4.78 is 7.83. The molecule has 130 valence electrons. The van der Waals surface area contributed by atoms with Gasteiger partial charge in [0.25, 0.3) is 0 Å². The van der Waals surface area contributed by atoms with Crippen molar-refractivity contribution < 1.29 is 14.9 Å². The summed E-state index contributed by atoms with van der Waals surface area (Å²) in [5.74, 6) is 0. The van der Waals surface area contributed by atoms with Crippen molar-refractivity contribution in [3.63, 3.8) is 0 Å². The number of halogens is 1. The maximum absolute atomic E-state index is 9.93. The zero-order valence-electron chi connectivity index (χ0n) is 13.4. The van der Waals surface area contributed by atoms with Crippen LogP contribution < -0.4 is 0 Å². The number of pyridine rings is 1. The molecule has 2 N–H and O–H groups in total. The second-order valence-corrected chi connectivity index (χ2v) is 7.39. The molecule has 2 saturated heterocycles. The molecule has 0 amide bonds. The summed E-state index contributed by atoms with van der Waals surface area (Å²) in [6, 6.07) is 3.76. The molecule has 4 rings (SSSR count). The molecule has 0 aromatic carbocycles. The van der Waals surface area contributed by atoms with Crippen molar-refractivity contribution >= 4 is 17.2 Å². The summed E-state index contributed by atoms with van der Waals surface area (Å²) in [5, 5.41) is 20.2. The zero-order valence-corrected chi connectivity index (χ0v) is 14.2. The van der Waals surface area contributed by atoms with E-state index in [1.54, 1.807) is 0 Å². The Morgan fingerprint density at radius 3 is 2.75 bits per heavy atom. The predicted molar refractivity (Wildman–Crippen MR) is 90.0 cm³/mol. The number of rotatable bonds is 2. The number of hydrogen-bond acceptors (Lipinski definition) is 5. The van der Waals surface area contributed by atoms with Gasteiger partial charge in [-0.15, -0.1) is 0 Å². The molecule has 2 aliphatic heterocycles. The molecule has 2 atom stereocenters. The fourth-order valence-electron chi connectivity index (χ4n) is 3.74. The Bertz CT molecular complexity index is 727. The van der Waals surface area contributed by atoms with E-state index in [-0.39, 0.29) is 12.2 Å². The molecule has 2 fully saturated rings. The number of fused-ring (bicyclic) bond motifs is 1. The van der Waals surface area contributed by atoms with Crippen LogP contribution >= 0.6 is 11.6 Å². The first-order valence-corrected chi connectivity index (χ1v) is 8.76. The van der Waals surface area contributed by atoms with Gasteiger partial charge in [0.15, 0.2) is 0 Å². The maximum Gasteiger partial charge on any atom is 0.137 e. The highest BCUT2D eigenvalue weighted by atomic mass is 35.5. The third-order valence-corrected chi connectivity index (χ3v) is 5.43. The molecule has 6 nitrogen and oxygen atoms in total. The molecule has 2 aromatic rings. The second kappa shape index (κ2) is 6.28. The molecule has 0 unspecified atom stereocenters. The molecule has 4 heterocycles. The van der Waals surface area contributed by atoms with Gasteiger partial charge in [0.2, 0.25) is 0 Å². The number of aliphatic hydroxyl groups excluding tert-OH is 2. The van der Waals surface area contributed by atoms with Gasteiger partial charge in [0, 0.05) is 38.4 Å². The third kappa shape index (κ3) is 3.17. The van der Waals surface area contributed by atoms with Gasteiger partial charge in [-0.2, -0.15) is 0 Å². The lowest BCUT2D eigenvalue weighted by molar-refractivity contribution is -0.188. The Kier molecular flexibility index (Phi) is 4.26. The topological polar surface area (TPSA) is 70.2 Å². The van der Waals surface area contributed by atoms with Gasteiger partial charge < -0.3 is 19.4 Å². The average Bonchev–Trinajstić information content (AvgIpc) is 2.95. The van der Waals surface area contributed by atoms with Gasteiger partial charge in [-0.3, -0.25) is 4.90 Å². The number of ether oxygens (including phenoxy) is 1. The number of piperidine rings is 1. The number of likely N-dealkylation sites (tertiary alicyclic amines) is 1. The molecular weight excluding hydrogens is 330 g/mol. The van der Waals surface area contributed by atoms with Crippen molar-refractivity contribution in [2.75, 3.05) is 19.7 Å². The lowest BCUT2D eigenvalue weighted by Gasteiger charge is -2.46. The quantitative estimate of drug-likeness (QED) is 0.857. The van der Waals surface area contributed by atoms with Crippen LogP contribution in [0.2, 0.25) is 5.02 Å². The fraction of sp³-hybridized carbons (Fsp3) is 0.588. The minimum absolute atomic E-state index is 0.231. The lowest BCUT2D eigenvalue weighted by atomic mass is 9.82. The van der Waals surface area contributed by atoms with Crippen molar-refractivity contribution in [3.8, 4) is 0 Å². The van der Waals surface area contributed by atoms with Crippen LogP contribution in [0.4, 0.5) is 0 Å². The highest BCUT2D eigenvalue weighted by Gasteiger charge is 2.42. The Hall–Kier alpha value is -1.18. The van der Waals surface area contributed by atoms with E-state index in [0.29, 0.717) is 11.4 Å². The molecular formula is C17H22ClN3O3. The Morgan fingerprint density at radius 2 is 2.00 bits per heavy atom. The lowest BCUT2D eigenvalue weighted by Crippen LogP contribution is -2.54. The molecule has 0 saturated carbocycles. The minimum Gasteiger partial charge on any atom is -0.390 e. The molecule has 1 spiro atoms. The van der Waals surface area contributed by atoms with Crippen LogP contribution in [0.5, 0.6) is 0 Å². The molecule has 0 bridgehead atoms. The van der Waals surface area contributed by atoms with Crippen molar-refractivity contribution in [1.29, 1.82) is 0 Å². The molecule has 0 radical (unpaired) electrons. The summed E-state index contributed by atoms with van der Waals surface area (Å²) in [7, 11) is 0. The van der Waals surface area contributed by atoms with E-state index in [4.69, 9.17) is 16.3 Å². The monoisotopic (exact) mass is 351 g/mol. The highest BCUT2D eigenvalue weighted by molar-refractivity contribution is 6.30. The van der Waals surface area contributed by atoms with Gasteiger partial charge in [-0.05, 0) is 25.0 Å². The van der Waals surface area contributed by atoms with E-state index in [1.807, 2.05) is 28.9 Å². The molecule has 7 heteroatoms. The smallest absolute Gasteiger partial charge is 0.137 e. The summed E-state index contributed by atoms with van der Waals surface area (Å²) in [6.07, 6.45) is 4.72. The number of nitrogens with zero attached hydrogens (tertiary/aromatic N) is 3. The SMILES string of the molecule is O[C@@H]1COC2(CCN(Cc3cn4cc(Cl)ccc4n3)CC2)C[C@@H]1O. The standard InChI is InChI=1S/C17H22ClN3O3/c18-12-1-2-16-19-13(10-21(16)8-12)9-20-5-3-17(4-6-20)7-14(22)15(23)11-24-17/h1-2,8,10,14-15,22-23H,3-7,9,11H2/t14-,15+/m0/s1. The number of aliphatic hydroxyl groups is 2. The van der Waals surface area contributed by atoms with Crippen LogP contribution in [-0.4, -0.2) is 62.0 Å². The average molecular weight is 352 g/mol. The molecule has 2 aromatic heterocycles. The van der Waals surface area contributed by atoms with E-state index in [0.717, 1.165) is 43.8 Å². The van der Waals surface area contributed by atoms with Crippen molar-refractivity contribution in [2.45, 2.75) is 43.6 Å². The van der Waals surface area contributed by atoms with E-state index >= 15 is 0 Å². The van der Waals surface area contributed by atoms with Gasteiger partial charge in [0.1, 0.15) is 11.8 Å². The highest BCUT2D eigenvalue weighted by Crippen LogP contribution is 2.35. The van der Waals surface area contributed by atoms with Crippen LogP contribution in [0.1, 0.15) is 25.0 Å².